The Bertz CT molecular complexity index is 384. The number of carbonyl (C=O) groups excluding carboxylic acids is 1. The SMILES string of the molecule is COc1ccc(CC(=O)NC(C)CCC(C)C)cc1. The van der Waals surface area contributed by atoms with Crippen LogP contribution in [0.1, 0.15) is 39.2 Å². The number of nitrogens with one attached hydrogen (secondary N) is 1. The zero-order chi connectivity index (χ0) is 14.3. The van der Waals surface area contributed by atoms with Crippen LogP contribution >= 0.6 is 0 Å². The second kappa shape index (κ2) is 7.82. The van der Waals surface area contributed by atoms with E-state index in [4.69, 9.17) is 4.74 Å². The Kier molecular flexibility index (Phi) is 6.40. The predicted molar refractivity (Wildman–Crippen MR) is 78.4 cm³/mol. The van der Waals surface area contributed by atoms with Gasteiger partial charge in [0, 0.05) is 6.04 Å². The van der Waals surface area contributed by atoms with E-state index < -0.39 is 0 Å². The number of hydrogen-bond donors (Lipinski definition) is 1. The number of ether oxygens (including phenoxy) is 1. The second-order valence-corrected chi connectivity index (χ2v) is 5.46. The summed E-state index contributed by atoms with van der Waals surface area (Å²) in [6.07, 6.45) is 2.60. The van der Waals surface area contributed by atoms with E-state index in [9.17, 15) is 4.79 Å². The molecule has 0 aliphatic carbocycles. The lowest BCUT2D eigenvalue weighted by atomic mass is 10.0. The topological polar surface area (TPSA) is 38.3 Å². The fraction of sp³-hybridized carbons (Fsp3) is 0.562. The number of benzene rings is 1. The Balaban J connectivity index is 2.37. The zero-order valence-corrected chi connectivity index (χ0v) is 12.4. The Morgan fingerprint density at radius 1 is 1.16 bits per heavy atom. The number of methoxy groups -OCH3 is 1. The minimum Gasteiger partial charge on any atom is -0.497 e. The molecule has 1 atom stereocenters. The highest BCUT2D eigenvalue weighted by Crippen LogP contribution is 2.12. The summed E-state index contributed by atoms with van der Waals surface area (Å²) >= 11 is 0. The molecule has 1 amide bonds. The molecule has 0 radical (unpaired) electrons. The van der Waals surface area contributed by atoms with Gasteiger partial charge in [-0.05, 0) is 43.4 Å². The van der Waals surface area contributed by atoms with Crippen molar-refractivity contribution < 1.29 is 9.53 Å². The van der Waals surface area contributed by atoms with Gasteiger partial charge in [0.05, 0.1) is 13.5 Å². The van der Waals surface area contributed by atoms with Crippen LogP contribution in [-0.2, 0) is 11.2 Å². The first kappa shape index (κ1) is 15.5. The molecule has 0 aliphatic rings. The van der Waals surface area contributed by atoms with Crippen molar-refractivity contribution >= 4 is 5.91 Å². The summed E-state index contributed by atoms with van der Waals surface area (Å²) in [6, 6.07) is 7.86. The summed E-state index contributed by atoms with van der Waals surface area (Å²) in [5, 5.41) is 3.04. The number of carbonyl (C=O) groups is 1. The fourth-order valence-electron chi connectivity index (χ4n) is 1.91. The molecule has 0 saturated heterocycles. The van der Waals surface area contributed by atoms with Crippen LogP contribution in [0.25, 0.3) is 0 Å². The van der Waals surface area contributed by atoms with E-state index in [1.165, 1.54) is 0 Å². The summed E-state index contributed by atoms with van der Waals surface area (Å²) < 4.78 is 5.09. The normalized spacial score (nSPS) is 12.3. The number of amides is 1. The average molecular weight is 263 g/mol. The predicted octanol–water partition coefficient (Wildman–Crippen LogP) is 3.18. The summed E-state index contributed by atoms with van der Waals surface area (Å²) in [5.74, 6) is 1.58. The smallest absolute Gasteiger partial charge is 0.224 e. The maximum Gasteiger partial charge on any atom is 0.224 e. The van der Waals surface area contributed by atoms with Crippen molar-refractivity contribution in [1.82, 2.24) is 5.32 Å². The standard InChI is InChI=1S/C16H25NO2/c1-12(2)5-6-13(3)17-16(18)11-14-7-9-15(19-4)10-8-14/h7-10,12-13H,5-6,11H2,1-4H3,(H,17,18). The largest absolute Gasteiger partial charge is 0.497 e. The van der Waals surface area contributed by atoms with E-state index in [1.54, 1.807) is 7.11 Å². The van der Waals surface area contributed by atoms with Gasteiger partial charge in [0.15, 0.2) is 0 Å². The molecule has 1 aromatic carbocycles. The number of hydrogen-bond acceptors (Lipinski definition) is 2. The van der Waals surface area contributed by atoms with E-state index in [-0.39, 0.29) is 11.9 Å². The van der Waals surface area contributed by atoms with Crippen molar-refractivity contribution in [3.63, 3.8) is 0 Å². The molecular weight excluding hydrogens is 238 g/mol. The van der Waals surface area contributed by atoms with E-state index in [0.717, 1.165) is 24.2 Å². The van der Waals surface area contributed by atoms with Crippen molar-refractivity contribution in [1.29, 1.82) is 0 Å². The molecule has 0 spiro atoms. The van der Waals surface area contributed by atoms with Crippen LogP contribution in [0.4, 0.5) is 0 Å². The first-order chi connectivity index (χ1) is 9.01. The molecular formula is C16H25NO2. The van der Waals surface area contributed by atoms with Gasteiger partial charge in [-0.25, -0.2) is 0 Å². The van der Waals surface area contributed by atoms with Crippen LogP contribution in [0.2, 0.25) is 0 Å². The molecule has 0 aliphatic heterocycles. The maximum absolute atomic E-state index is 11.9. The lowest BCUT2D eigenvalue weighted by Gasteiger charge is -2.15. The Morgan fingerprint density at radius 3 is 2.32 bits per heavy atom. The highest BCUT2D eigenvalue weighted by Gasteiger charge is 2.09. The van der Waals surface area contributed by atoms with Gasteiger partial charge in [0.1, 0.15) is 5.75 Å². The molecule has 3 heteroatoms. The molecule has 1 N–H and O–H groups in total. The van der Waals surface area contributed by atoms with Crippen LogP contribution in [0.5, 0.6) is 5.75 Å². The summed E-state index contributed by atoms with van der Waals surface area (Å²) in [7, 11) is 1.64. The molecule has 3 nitrogen and oxygen atoms in total. The minimum absolute atomic E-state index is 0.0847. The van der Waals surface area contributed by atoms with E-state index in [1.807, 2.05) is 24.3 Å². The molecule has 106 valence electrons. The number of rotatable bonds is 7. The molecule has 1 unspecified atom stereocenters. The van der Waals surface area contributed by atoms with Crippen LogP contribution < -0.4 is 10.1 Å². The second-order valence-electron chi connectivity index (χ2n) is 5.46. The Labute approximate surface area is 116 Å². The van der Waals surface area contributed by atoms with E-state index in [2.05, 4.69) is 26.1 Å². The molecule has 1 aromatic rings. The first-order valence-corrected chi connectivity index (χ1v) is 6.93. The zero-order valence-electron chi connectivity index (χ0n) is 12.4. The van der Waals surface area contributed by atoms with Gasteiger partial charge in [-0.2, -0.15) is 0 Å². The highest BCUT2D eigenvalue weighted by molar-refractivity contribution is 5.78. The molecule has 0 bridgehead atoms. The molecule has 0 aromatic heterocycles. The van der Waals surface area contributed by atoms with E-state index >= 15 is 0 Å². The third-order valence-electron chi connectivity index (χ3n) is 3.11. The minimum atomic E-state index is 0.0847. The molecule has 0 saturated carbocycles. The third-order valence-corrected chi connectivity index (χ3v) is 3.11. The van der Waals surface area contributed by atoms with Crippen molar-refractivity contribution in [2.24, 2.45) is 5.92 Å². The Hall–Kier alpha value is -1.51. The highest BCUT2D eigenvalue weighted by atomic mass is 16.5. The summed E-state index contributed by atoms with van der Waals surface area (Å²) in [5.41, 5.74) is 1.01. The van der Waals surface area contributed by atoms with Crippen LogP contribution in [0.3, 0.4) is 0 Å². The van der Waals surface area contributed by atoms with Crippen LogP contribution in [0, 0.1) is 5.92 Å². The van der Waals surface area contributed by atoms with Gasteiger partial charge in [-0.15, -0.1) is 0 Å². The quantitative estimate of drug-likeness (QED) is 0.820. The molecule has 19 heavy (non-hydrogen) atoms. The van der Waals surface area contributed by atoms with Gasteiger partial charge < -0.3 is 10.1 Å². The first-order valence-electron chi connectivity index (χ1n) is 6.93. The lowest BCUT2D eigenvalue weighted by Crippen LogP contribution is -2.33. The van der Waals surface area contributed by atoms with Gasteiger partial charge in [-0.3, -0.25) is 4.79 Å². The van der Waals surface area contributed by atoms with Crippen molar-refractivity contribution in [3.8, 4) is 5.75 Å². The average Bonchev–Trinajstić information content (AvgIpc) is 2.37. The van der Waals surface area contributed by atoms with Crippen LogP contribution in [-0.4, -0.2) is 19.1 Å². The van der Waals surface area contributed by atoms with Gasteiger partial charge in [-0.1, -0.05) is 26.0 Å². The Morgan fingerprint density at radius 2 is 1.79 bits per heavy atom. The molecule has 0 heterocycles. The monoisotopic (exact) mass is 263 g/mol. The lowest BCUT2D eigenvalue weighted by molar-refractivity contribution is -0.121. The molecule has 0 fully saturated rings. The van der Waals surface area contributed by atoms with E-state index in [0.29, 0.717) is 12.3 Å². The van der Waals surface area contributed by atoms with Gasteiger partial charge in [0.2, 0.25) is 5.91 Å². The van der Waals surface area contributed by atoms with Crippen molar-refractivity contribution in [2.75, 3.05) is 7.11 Å². The third kappa shape index (κ3) is 6.27. The maximum atomic E-state index is 11.9. The van der Waals surface area contributed by atoms with Gasteiger partial charge in [0.25, 0.3) is 0 Å². The van der Waals surface area contributed by atoms with Crippen molar-refractivity contribution in [3.05, 3.63) is 29.8 Å². The summed E-state index contributed by atoms with van der Waals surface area (Å²) in [4.78, 5) is 11.9. The summed E-state index contributed by atoms with van der Waals surface area (Å²) in [6.45, 7) is 6.46. The van der Waals surface area contributed by atoms with Crippen LogP contribution in [0.15, 0.2) is 24.3 Å². The molecule has 1 rings (SSSR count). The fourth-order valence-corrected chi connectivity index (χ4v) is 1.91. The van der Waals surface area contributed by atoms with Crippen molar-refractivity contribution in [2.45, 2.75) is 46.1 Å². The van der Waals surface area contributed by atoms with Gasteiger partial charge >= 0.3 is 0 Å².